The lowest BCUT2D eigenvalue weighted by Crippen LogP contribution is -2.40. The normalized spacial score (nSPS) is 26.0. The maximum absolute atomic E-state index is 6.47. The van der Waals surface area contributed by atoms with E-state index in [1.54, 1.807) is 0 Å². The van der Waals surface area contributed by atoms with Crippen LogP contribution in [-0.2, 0) is 0 Å². The van der Waals surface area contributed by atoms with E-state index in [0.717, 1.165) is 13.0 Å². The molecule has 0 aliphatic carbocycles. The average molecular weight is 246 g/mol. The lowest BCUT2D eigenvalue weighted by molar-refractivity contribution is 0.194. The first-order valence-corrected chi connectivity index (χ1v) is 7.21. The van der Waals surface area contributed by atoms with Crippen LogP contribution in [0.1, 0.15) is 48.9 Å². The van der Waals surface area contributed by atoms with Crippen LogP contribution in [0, 0.1) is 13.8 Å². The fourth-order valence-corrected chi connectivity index (χ4v) is 3.31. The number of likely N-dealkylation sites (N-methyl/N-ethyl adjacent to an activating group) is 1. The summed E-state index contributed by atoms with van der Waals surface area (Å²) in [6, 6.07) is 7.25. The van der Waals surface area contributed by atoms with Gasteiger partial charge in [0.05, 0.1) is 6.04 Å². The molecule has 1 aromatic carbocycles. The smallest absolute Gasteiger partial charge is 0.0504 e. The Hall–Kier alpha value is -0.860. The third-order valence-corrected chi connectivity index (χ3v) is 4.28. The van der Waals surface area contributed by atoms with Crippen LogP contribution in [-0.4, -0.2) is 24.0 Å². The van der Waals surface area contributed by atoms with Crippen molar-refractivity contribution in [2.24, 2.45) is 5.73 Å². The van der Waals surface area contributed by atoms with Crippen molar-refractivity contribution >= 4 is 0 Å². The Morgan fingerprint density at radius 2 is 1.89 bits per heavy atom. The summed E-state index contributed by atoms with van der Waals surface area (Å²) in [6.45, 7) is 8.95. The molecule has 0 aromatic heterocycles. The molecule has 2 unspecified atom stereocenters. The first-order valence-electron chi connectivity index (χ1n) is 7.21. The van der Waals surface area contributed by atoms with Crippen LogP contribution in [0.3, 0.4) is 0 Å². The van der Waals surface area contributed by atoms with Gasteiger partial charge in [0.25, 0.3) is 0 Å². The first-order chi connectivity index (χ1) is 8.65. The topological polar surface area (TPSA) is 29.3 Å². The molecule has 2 rings (SSSR count). The van der Waals surface area contributed by atoms with Gasteiger partial charge in [0.1, 0.15) is 0 Å². The van der Waals surface area contributed by atoms with E-state index in [9.17, 15) is 0 Å². The highest BCUT2D eigenvalue weighted by molar-refractivity contribution is 5.37. The number of rotatable bonds is 2. The number of nitrogens with two attached hydrogens (primary N) is 1. The van der Waals surface area contributed by atoms with Gasteiger partial charge in [-0.25, -0.2) is 0 Å². The Balaban J connectivity index is 2.43. The third kappa shape index (κ3) is 2.60. The SMILES string of the molecule is CCN1CCCCC(N)C1c1c(C)cccc1C. The molecule has 2 nitrogen and oxygen atoms in total. The maximum atomic E-state index is 6.47. The van der Waals surface area contributed by atoms with Crippen molar-refractivity contribution in [3.05, 3.63) is 34.9 Å². The van der Waals surface area contributed by atoms with Gasteiger partial charge in [-0.3, -0.25) is 4.90 Å². The third-order valence-electron chi connectivity index (χ3n) is 4.28. The minimum absolute atomic E-state index is 0.271. The molecule has 0 bridgehead atoms. The number of aryl methyl sites for hydroxylation is 2. The van der Waals surface area contributed by atoms with Gasteiger partial charge >= 0.3 is 0 Å². The average Bonchev–Trinajstić information content (AvgIpc) is 2.52. The molecular weight excluding hydrogens is 220 g/mol. The van der Waals surface area contributed by atoms with Crippen LogP contribution in [0.2, 0.25) is 0 Å². The van der Waals surface area contributed by atoms with Gasteiger partial charge in [-0.1, -0.05) is 31.5 Å². The number of hydrogen-bond acceptors (Lipinski definition) is 2. The summed E-state index contributed by atoms with van der Waals surface area (Å²) in [5.74, 6) is 0. The van der Waals surface area contributed by atoms with E-state index in [-0.39, 0.29) is 6.04 Å². The van der Waals surface area contributed by atoms with Crippen molar-refractivity contribution in [1.82, 2.24) is 4.90 Å². The van der Waals surface area contributed by atoms with E-state index >= 15 is 0 Å². The molecule has 100 valence electrons. The van der Waals surface area contributed by atoms with Crippen molar-refractivity contribution in [3.8, 4) is 0 Å². The summed E-state index contributed by atoms with van der Waals surface area (Å²) in [4.78, 5) is 2.56. The maximum Gasteiger partial charge on any atom is 0.0504 e. The summed E-state index contributed by atoms with van der Waals surface area (Å²) in [5.41, 5.74) is 10.7. The lowest BCUT2D eigenvalue weighted by atomic mass is 9.89. The molecule has 1 saturated heterocycles. The van der Waals surface area contributed by atoms with Gasteiger partial charge in [-0.05, 0) is 56.5 Å². The van der Waals surface area contributed by atoms with Gasteiger partial charge in [-0.2, -0.15) is 0 Å². The monoisotopic (exact) mass is 246 g/mol. The Morgan fingerprint density at radius 3 is 2.50 bits per heavy atom. The number of benzene rings is 1. The standard InChI is InChI=1S/C16H26N2/c1-4-18-11-6-5-10-14(17)16(18)15-12(2)8-7-9-13(15)3/h7-9,14,16H,4-6,10-11,17H2,1-3H3. The quantitative estimate of drug-likeness (QED) is 0.868. The number of hydrogen-bond donors (Lipinski definition) is 1. The predicted molar refractivity (Wildman–Crippen MR) is 77.7 cm³/mol. The van der Waals surface area contributed by atoms with Crippen LogP contribution in [0.4, 0.5) is 0 Å². The van der Waals surface area contributed by atoms with Gasteiger partial charge in [0, 0.05) is 6.04 Å². The molecular formula is C16H26N2. The summed E-state index contributed by atoms with van der Waals surface area (Å²) >= 11 is 0. The number of nitrogens with zero attached hydrogens (tertiary/aromatic N) is 1. The number of likely N-dealkylation sites (tertiary alicyclic amines) is 1. The van der Waals surface area contributed by atoms with Crippen molar-refractivity contribution in [2.45, 2.75) is 52.1 Å². The van der Waals surface area contributed by atoms with E-state index in [1.165, 1.54) is 36.1 Å². The van der Waals surface area contributed by atoms with E-state index in [0.29, 0.717) is 6.04 Å². The fraction of sp³-hybridized carbons (Fsp3) is 0.625. The van der Waals surface area contributed by atoms with Crippen LogP contribution >= 0.6 is 0 Å². The van der Waals surface area contributed by atoms with Gasteiger partial charge in [0.2, 0.25) is 0 Å². The molecule has 1 aliphatic rings. The molecule has 0 radical (unpaired) electrons. The van der Waals surface area contributed by atoms with E-state index in [1.807, 2.05) is 0 Å². The van der Waals surface area contributed by atoms with E-state index in [2.05, 4.69) is 43.9 Å². The Labute approximate surface area is 111 Å². The van der Waals surface area contributed by atoms with Crippen LogP contribution in [0.5, 0.6) is 0 Å². The minimum Gasteiger partial charge on any atom is -0.326 e. The van der Waals surface area contributed by atoms with Crippen LogP contribution in [0.15, 0.2) is 18.2 Å². The van der Waals surface area contributed by atoms with Crippen molar-refractivity contribution in [1.29, 1.82) is 0 Å². The zero-order chi connectivity index (χ0) is 13.1. The molecule has 2 N–H and O–H groups in total. The fourth-order valence-electron chi connectivity index (χ4n) is 3.31. The van der Waals surface area contributed by atoms with Gasteiger partial charge in [-0.15, -0.1) is 0 Å². The molecule has 1 aromatic rings. The molecule has 18 heavy (non-hydrogen) atoms. The summed E-state index contributed by atoms with van der Waals surface area (Å²) in [5, 5.41) is 0. The Kier molecular flexibility index (Phi) is 4.41. The zero-order valence-corrected chi connectivity index (χ0v) is 11.9. The zero-order valence-electron chi connectivity index (χ0n) is 11.9. The molecule has 1 heterocycles. The molecule has 0 saturated carbocycles. The summed E-state index contributed by atoms with van der Waals surface area (Å²) in [6.07, 6.45) is 3.69. The second-order valence-electron chi connectivity index (χ2n) is 5.54. The summed E-state index contributed by atoms with van der Waals surface area (Å²) in [7, 11) is 0. The van der Waals surface area contributed by atoms with E-state index < -0.39 is 0 Å². The molecule has 1 fully saturated rings. The molecule has 0 spiro atoms. The van der Waals surface area contributed by atoms with Gasteiger partial charge < -0.3 is 5.73 Å². The molecule has 2 atom stereocenters. The molecule has 2 heteroatoms. The predicted octanol–water partition coefficient (Wildman–Crippen LogP) is 3.18. The summed E-state index contributed by atoms with van der Waals surface area (Å²) < 4.78 is 0. The second-order valence-corrected chi connectivity index (χ2v) is 5.54. The Bertz CT molecular complexity index is 380. The molecule has 0 amide bonds. The Morgan fingerprint density at radius 1 is 1.22 bits per heavy atom. The van der Waals surface area contributed by atoms with Crippen molar-refractivity contribution in [3.63, 3.8) is 0 Å². The van der Waals surface area contributed by atoms with Crippen molar-refractivity contribution < 1.29 is 0 Å². The second kappa shape index (κ2) is 5.85. The van der Waals surface area contributed by atoms with Crippen molar-refractivity contribution in [2.75, 3.05) is 13.1 Å². The minimum atomic E-state index is 0.271. The van der Waals surface area contributed by atoms with E-state index in [4.69, 9.17) is 5.73 Å². The van der Waals surface area contributed by atoms with Crippen LogP contribution in [0.25, 0.3) is 0 Å². The van der Waals surface area contributed by atoms with Crippen LogP contribution < -0.4 is 5.73 Å². The highest BCUT2D eigenvalue weighted by Crippen LogP contribution is 2.33. The first kappa shape index (κ1) is 13.6. The lowest BCUT2D eigenvalue weighted by Gasteiger charge is -2.35. The van der Waals surface area contributed by atoms with Gasteiger partial charge in [0.15, 0.2) is 0 Å². The molecule has 1 aliphatic heterocycles. The highest BCUT2D eigenvalue weighted by Gasteiger charge is 2.29. The highest BCUT2D eigenvalue weighted by atomic mass is 15.2. The largest absolute Gasteiger partial charge is 0.326 e.